The molecule has 1 saturated carbocycles. The summed E-state index contributed by atoms with van der Waals surface area (Å²) >= 11 is 0.861. The summed E-state index contributed by atoms with van der Waals surface area (Å²) in [6.07, 6.45) is 6.70. The van der Waals surface area contributed by atoms with Gasteiger partial charge in [-0.05, 0) is 49.0 Å². The Morgan fingerprint density at radius 3 is 2.55 bits per heavy atom. The summed E-state index contributed by atoms with van der Waals surface area (Å²) in [5.41, 5.74) is 8.54. The number of carbonyl (C=O) groups excluding carboxylic acids is 3. The first kappa shape index (κ1) is 27.3. The maximum absolute atomic E-state index is 14.0. The molecule has 3 amide bonds. The van der Waals surface area contributed by atoms with E-state index in [2.05, 4.69) is 20.0 Å². The number of para-hydroxylation sites is 1. The summed E-state index contributed by atoms with van der Waals surface area (Å²) in [6.45, 7) is 1.97. The average molecular weight is 557 g/mol. The van der Waals surface area contributed by atoms with Gasteiger partial charge in [-0.15, -0.1) is 0 Å². The minimum Gasteiger partial charge on any atom is -0.395 e. The molecule has 0 radical (unpaired) electrons. The van der Waals surface area contributed by atoms with Crippen molar-refractivity contribution in [2.75, 3.05) is 10.6 Å². The number of nitrogens with one attached hydrogen (secondary N) is 2. The van der Waals surface area contributed by atoms with Crippen molar-refractivity contribution >= 4 is 51.5 Å². The number of pyridine rings is 1. The van der Waals surface area contributed by atoms with Crippen molar-refractivity contribution in [2.24, 2.45) is 0 Å². The predicted molar refractivity (Wildman–Crippen MR) is 157 cm³/mol. The molecule has 40 heavy (non-hydrogen) atoms. The molecule has 1 aliphatic rings. The van der Waals surface area contributed by atoms with E-state index in [0.717, 1.165) is 53.7 Å². The fourth-order valence-electron chi connectivity index (χ4n) is 4.98. The number of nitrogens with two attached hydrogens (primary N) is 1. The lowest BCUT2D eigenvalue weighted by Crippen LogP contribution is -2.48. The van der Waals surface area contributed by atoms with Crippen LogP contribution in [0.25, 0.3) is 10.9 Å². The molecular formula is C30H32N6O3S. The number of hydrogen-bond donors (Lipinski definition) is 3. The van der Waals surface area contributed by atoms with Crippen LogP contribution in [0.15, 0.2) is 66.9 Å². The molecule has 1 fully saturated rings. The highest BCUT2D eigenvalue weighted by atomic mass is 32.1. The van der Waals surface area contributed by atoms with Crippen LogP contribution in [0.4, 0.5) is 11.4 Å². The van der Waals surface area contributed by atoms with Crippen LogP contribution in [0.2, 0.25) is 0 Å². The Kier molecular flexibility index (Phi) is 8.35. The lowest BCUT2D eigenvalue weighted by Gasteiger charge is -2.28. The highest BCUT2D eigenvalue weighted by Gasteiger charge is 2.33. The van der Waals surface area contributed by atoms with E-state index < -0.39 is 11.9 Å². The molecule has 2 heterocycles. The number of nitrogen functional groups attached to an aromatic ring is 1. The number of anilines is 2. The lowest BCUT2D eigenvalue weighted by molar-refractivity contribution is -0.122. The summed E-state index contributed by atoms with van der Waals surface area (Å²) in [4.78, 5) is 46.3. The van der Waals surface area contributed by atoms with Crippen LogP contribution in [0.1, 0.15) is 64.8 Å². The van der Waals surface area contributed by atoms with Crippen LogP contribution >= 0.6 is 11.5 Å². The number of benzene rings is 2. The quantitative estimate of drug-likeness (QED) is 0.289. The molecule has 4 N–H and O–H groups in total. The highest BCUT2D eigenvalue weighted by Crippen LogP contribution is 2.29. The molecule has 1 atom stereocenters. The number of hydrogen-bond acceptors (Lipinski definition) is 7. The van der Waals surface area contributed by atoms with Gasteiger partial charge in [-0.2, -0.15) is 4.37 Å². The zero-order chi connectivity index (χ0) is 28.1. The molecule has 0 aliphatic heterocycles. The normalized spacial score (nSPS) is 14.4. The Balaban J connectivity index is 1.43. The van der Waals surface area contributed by atoms with Crippen LogP contribution in [0.3, 0.4) is 0 Å². The van der Waals surface area contributed by atoms with Gasteiger partial charge in [-0.25, -0.2) is 0 Å². The molecule has 9 nitrogen and oxygen atoms in total. The Labute approximate surface area is 237 Å². The Bertz CT molecular complexity index is 1520. The first-order chi connectivity index (χ1) is 19.4. The van der Waals surface area contributed by atoms with Gasteiger partial charge in [0.2, 0.25) is 5.91 Å². The molecule has 4 aromatic rings. The second-order valence-corrected chi connectivity index (χ2v) is 10.8. The SMILES string of the molecule is C[C@@H](C(=O)NCc1ccccc1)N(C(=O)c1snc(C(=O)NC2CCCCC2)c1N)c1cnc2ccccc2c1. The number of rotatable bonds is 8. The smallest absolute Gasteiger partial charge is 0.273 e. The largest absolute Gasteiger partial charge is 0.395 e. The molecule has 10 heteroatoms. The minimum atomic E-state index is -0.903. The summed E-state index contributed by atoms with van der Waals surface area (Å²) in [5, 5.41) is 6.74. The van der Waals surface area contributed by atoms with Gasteiger partial charge in [-0.3, -0.25) is 24.3 Å². The molecule has 2 aromatic carbocycles. The second-order valence-electron chi connectivity index (χ2n) is 10.0. The second kappa shape index (κ2) is 12.3. The van der Waals surface area contributed by atoms with Crippen LogP contribution in [0, 0.1) is 0 Å². The van der Waals surface area contributed by atoms with Crippen molar-refractivity contribution in [2.45, 2.75) is 57.7 Å². The van der Waals surface area contributed by atoms with Gasteiger partial charge in [0.25, 0.3) is 11.8 Å². The van der Waals surface area contributed by atoms with E-state index >= 15 is 0 Å². The van der Waals surface area contributed by atoms with E-state index in [1.54, 1.807) is 13.1 Å². The topological polar surface area (TPSA) is 130 Å². The first-order valence-electron chi connectivity index (χ1n) is 13.5. The third-order valence-electron chi connectivity index (χ3n) is 7.23. The van der Waals surface area contributed by atoms with Gasteiger partial charge in [0.1, 0.15) is 10.9 Å². The molecule has 5 rings (SSSR count). The van der Waals surface area contributed by atoms with E-state index in [0.29, 0.717) is 12.2 Å². The molecule has 0 bridgehead atoms. The Morgan fingerprint density at radius 2 is 1.77 bits per heavy atom. The van der Waals surface area contributed by atoms with Crippen molar-refractivity contribution < 1.29 is 14.4 Å². The molecule has 2 aromatic heterocycles. The number of aromatic nitrogens is 2. The van der Waals surface area contributed by atoms with Crippen LogP contribution < -0.4 is 21.3 Å². The Morgan fingerprint density at radius 1 is 1.05 bits per heavy atom. The highest BCUT2D eigenvalue weighted by molar-refractivity contribution is 7.09. The van der Waals surface area contributed by atoms with Crippen molar-refractivity contribution in [3.05, 3.63) is 83.0 Å². The van der Waals surface area contributed by atoms with Crippen molar-refractivity contribution in [3.8, 4) is 0 Å². The first-order valence-corrected chi connectivity index (χ1v) is 14.3. The predicted octanol–water partition coefficient (Wildman–Crippen LogP) is 4.69. The maximum Gasteiger partial charge on any atom is 0.273 e. The average Bonchev–Trinajstić information content (AvgIpc) is 3.38. The molecule has 206 valence electrons. The third kappa shape index (κ3) is 5.96. The monoisotopic (exact) mass is 556 g/mol. The summed E-state index contributed by atoms with van der Waals surface area (Å²) in [7, 11) is 0. The molecular weight excluding hydrogens is 524 g/mol. The molecule has 1 aliphatic carbocycles. The standard InChI is InChI=1S/C30H32N6O3S/c1-19(28(37)33-17-20-10-4-2-5-11-20)36(23-16-21-12-8-9-15-24(21)32-18-23)30(39)27-25(31)26(35-40-27)29(38)34-22-13-6-3-7-14-22/h2,4-5,8-12,15-16,18-19,22H,3,6-7,13-14,17,31H2,1H3,(H,33,37)(H,34,38)/t19-/m0/s1. The summed E-state index contributed by atoms with van der Waals surface area (Å²) < 4.78 is 4.25. The van der Waals surface area contributed by atoms with E-state index in [1.165, 1.54) is 11.3 Å². The lowest BCUT2D eigenvalue weighted by atomic mass is 9.95. The van der Waals surface area contributed by atoms with Gasteiger partial charge in [0.05, 0.1) is 23.1 Å². The van der Waals surface area contributed by atoms with Crippen LogP contribution in [0.5, 0.6) is 0 Å². The Hall–Kier alpha value is -4.31. The number of amides is 3. The van der Waals surface area contributed by atoms with Gasteiger partial charge in [0, 0.05) is 18.0 Å². The zero-order valence-corrected chi connectivity index (χ0v) is 23.1. The van der Waals surface area contributed by atoms with Gasteiger partial charge >= 0.3 is 0 Å². The number of fused-ring (bicyclic) bond motifs is 1. The molecule has 0 saturated heterocycles. The number of nitrogens with zero attached hydrogens (tertiary/aromatic N) is 3. The molecule has 0 spiro atoms. The number of carbonyl (C=O) groups is 3. The molecule has 0 unspecified atom stereocenters. The van der Waals surface area contributed by atoms with E-state index in [9.17, 15) is 14.4 Å². The van der Waals surface area contributed by atoms with E-state index in [-0.39, 0.29) is 34.1 Å². The summed E-state index contributed by atoms with van der Waals surface area (Å²) in [6, 6.07) is 18.1. The van der Waals surface area contributed by atoms with Gasteiger partial charge in [0.15, 0.2) is 5.69 Å². The van der Waals surface area contributed by atoms with Crippen molar-refractivity contribution in [3.63, 3.8) is 0 Å². The third-order valence-corrected chi connectivity index (χ3v) is 8.08. The fourth-order valence-corrected chi connectivity index (χ4v) is 5.72. The van der Waals surface area contributed by atoms with Crippen molar-refractivity contribution in [1.29, 1.82) is 0 Å². The minimum absolute atomic E-state index is 0.0129. The van der Waals surface area contributed by atoms with Gasteiger partial charge < -0.3 is 16.4 Å². The fraction of sp³-hybridized carbons (Fsp3) is 0.300. The van der Waals surface area contributed by atoms with E-state index in [4.69, 9.17) is 5.73 Å². The zero-order valence-electron chi connectivity index (χ0n) is 22.3. The van der Waals surface area contributed by atoms with Crippen molar-refractivity contribution in [1.82, 2.24) is 20.0 Å². The van der Waals surface area contributed by atoms with Crippen LogP contribution in [-0.4, -0.2) is 39.2 Å². The maximum atomic E-state index is 14.0. The van der Waals surface area contributed by atoms with Gasteiger partial charge in [-0.1, -0.05) is 67.8 Å². The summed E-state index contributed by atoms with van der Waals surface area (Å²) in [5.74, 6) is -1.25. The van der Waals surface area contributed by atoms with E-state index in [1.807, 2.05) is 60.7 Å². The van der Waals surface area contributed by atoms with Crippen LogP contribution in [-0.2, 0) is 11.3 Å².